The van der Waals surface area contributed by atoms with Gasteiger partial charge < -0.3 is 14.8 Å². The number of aromatic nitrogens is 3. The molecule has 0 amide bonds. The van der Waals surface area contributed by atoms with Crippen molar-refractivity contribution in [3.63, 3.8) is 0 Å². The standard InChI is InChI=1S/C18H16ClN5S/c19-14-11-16(21-17-12(14)5-6-20-17)23-7-9-24(10-8-23)18-13-3-1-2-4-15(13)25-22-18/h1-6,11H,7-10H2,(H,20,21). The first-order valence-electron chi connectivity index (χ1n) is 8.27. The van der Waals surface area contributed by atoms with Gasteiger partial charge in [0.05, 0.1) is 9.72 Å². The molecule has 7 heteroatoms. The minimum atomic E-state index is 0.745. The molecule has 5 rings (SSSR count). The molecule has 0 radical (unpaired) electrons. The van der Waals surface area contributed by atoms with Crippen LogP contribution in [0.15, 0.2) is 42.6 Å². The zero-order valence-corrected chi connectivity index (χ0v) is 15.0. The summed E-state index contributed by atoms with van der Waals surface area (Å²) in [6, 6.07) is 12.3. The first-order chi connectivity index (χ1) is 12.3. The maximum absolute atomic E-state index is 6.39. The maximum atomic E-state index is 6.39. The molecule has 1 saturated heterocycles. The van der Waals surface area contributed by atoms with Crippen molar-refractivity contribution in [1.82, 2.24) is 14.3 Å². The van der Waals surface area contributed by atoms with Crippen LogP contribution >= 0.6 is 23.1 Å². The summed E-state index contributed by atoms with van der Waals surface area (Å²) in [7, 11) is 0. The Kier molecular flexibility index (Phi) is 3.53. The fourth-order valence-corrected chi connectivity index (χ4v) is 4.44. The van der Waals surface area contributed by atoms with Crippen molar-refractivity contribution in [2.45, 2.75) is 0 Å². The van der Waals surface area contributed by atoms with Gasteiger partial charge >= 0.3 is 0 Å². The van der Waals surface area contributed by atoms with Crippen LogP contribution in [0.1, 0.15) is 0 Å². The molecule has 1 N–H and O–H groups in total. The number of fused-ring (bicyclic) bond motifs is 2. The minimum Gasteiger partial charge on any atom is -0.353 e. The smallest absolute Gasteiger partial charge is 0.150 e. The van der Waals surface area contributed by atoms with Crippen LogP contribution in [-0.2, 0) is 0 Å². The van der Waals surface area contributed by atoms with Crippen LogP contribution in [0.5, 0.6) is 0 Å². The highest BCUT2D eigenvalue weighted by molar-refractivity contribution is 7.13. The van der Waals surface area contributed by atoms with Crippen molar-refractivity contribution >= 4 is 55.9 Å². The number of pyridine rings is 1. The third-order valence-corrected chi connectivity index (χ3v) is 5.86. The average molecular weight is 370 g/mol. The van der Waals surface area contributed by atoms with E-state index in [9.17, 15) is 0 Å². The molecule has 3 aromatic heterocycles. The van der Waals surface area contributed by atoms with Gasteiger partial charge in [-0.3, -0.25) is 0 Å². The van der Waals surface area contributed by atoms with Gasteiger partial charge in [0.1, 0.15) is 17.3 Å². The van der Waals surface area contributed by atoms with Gasteiger partial charge in [0.15, 0.2) is 0 Å². The van der Waals surface area contributed by atoms with Gasteiger partial charge in [-0.15, -0.1) is 0 Å². The predicted molar refractivity (Wildman–Crippen MR) is 105 cm³/mol. The fraction of sp³-hybridized carbons (Fsp3) is 0.222. The summed E-state index contributed by atoms with van der Waals surface area (Å²) in [4.78, 5) is 12.5. The third kappa shape index (κ3) is 2.53. The van der Waals surface area contributed by atoms with Gasteiger partial charge in [-0.25, -0.2) is 4.98 Å². The number of halogens is 1. The topological polar surface area (TPSA) is 48.1 Å². The number of nitrogens with zero attached hydrogens (tertiary/aromatic N) is 4. The van der Waals surface area contributed by atoms with E-state index in [1.807, 2.05) is 18.3 Å². The Hall–Kier alpha value is -2.31. The number of nitrogens with one attached hydrogen (secondary N) is 1. The van der Waals surface area contributed by atoms with Gasteiger partial charge in [-0.05, 0) is 29.7 Å². The Bertz CT molecular complexity index is 1050. The zero-order chi connectivity index (χ0) is 16.8. The fourth-order valence-electron chi connectivity index (χ4n) is 3.39. The number of hydrogen-bond donors (Lipinski definition) is 1. The van der Waals surface area contributed by atoms with Gasteiger partial charge in [-0.2, -0.15) is 4.37 Å². The first kappa shape index (κ1) is 15.0. The van der Waals surface area contributed by atoms with Gasteiger partial charge in [-0.1, -0.05) is 23.7 Å². The monoisotopic (exact) mass is 369 g/mol. The largest absolute Gasteiger partial charge is 0.353 e. The van der Waals surface area contributed by atoms with E-state index in [1.54, 1.807) is 11.5 Å². The molecule has 4 aromatic rings. The highest BCUT2D eigenvalue weighted by Gasteiger charge is 2.22. The Morgan fingerprint density at radius 1 is 1.00 bits per heavy atom. The molecule has 1 fully saturated rings. The Balaban J connectivity index is 1.38. The average Bonchev–Trinajstić information content (AvgIpc) is 3.29. The van der Waals surface area contributed by atoms with E-state index >= 15 is 0 Å². The molecule has 5 nitrogen and oxygen atoms in total. The van der Waals surface area contributed by atoms with E-state index in [4.69, 9.17) is 16.6 Å². The number of piperazine rings is 1. The highest BCUT2D eigenvalue weighted by atomic mass is 35.5. The molecule has 1 aliphatic rings. The maximum Gasteiger partial charge on any atom is 0.150 e. The summed E-state index contributed by atoms with van der Waals surface area (Å²) in [5, 5.41) is 2.96. The molecule has 0 spiro atoms. The molecule has 1 aliphatic heterocycles. The second kappa shape index (κ2) is 5.89. The highest BCUT2D eigenvalue weighted by Crippen LogP contribution is 2.31. The lowest BCUT2D eigenvalue weighted by Crippen LogP contribution is -2.47. The number of H-pyrrole nitrogens is 1. The summed E-state index contributed by atoms with van der Waals surface area (Å²) in [5.74, 6) is 2.04. The van der Waals surface area contributed by atoms with Gasteiger partial charge in [0.25, 0.3) is 0 Å². The van der Waals surface area contributed by atoms with E-state index in [2.05, 4.69) is 43.4 Å². The predicted octanol–water partition coefficient (Wildman–Crippen LogP) is 4.15. The number of benzene rings is 1. The summed E-state index contributed by atoms with van der Waals surface area (Å²) in [5.41, 5.74) is 0.843. The van der Waals surface area contributed by atoms with Crippen LogP contribution in [-0.4, -0.2) is 40.5 Å². The Morgan fingerprint density at radius 3 is 2.68 bits per heavy atom. The van der Waals surface area contributed by atoms with Gasteiger partial charge in [0.2, 0.25) is 0 Å². The molecule has 25 heavy (non-hydrogen) atoms. The molecular formula is C18H16ClN5S. The molecule has 126 valence electrons. The number of anilines is 2. The Labute approximate surface area is 154 Å². The van der Waals surface area contributed by atoms with Crippen molar-refractivity contribution in [1.29, 1.82) is 0 Å². The van der Waals surface area contributed by atoms with Crippen molar-refractivity contribution < 1.29 is 0 Å². The second-order valence-electron chi connectivity index (χ2n) is 6.18. The Morgan fingerprint density at radius 2 is 1.80 bits per heavy atom. The lowest BCUT2D eigenvalue weighted by atomic mass is 10.2. The van der Waals surface area contributed by atoms with E-state index in [-0.39, 0.29) is 0 Å². The molecule has 4 heterocycles. The van der Waals surface area contributed by atoms with Crippen LogP contribution in [0, 0.1) is 0 Å². The normalized spacial score (nSPS) is 15.4. The van der Waals surface area contributed by atoms with Crippen LogP contribution in [0.2, 0.25) is 5.02 Å². The summed E-state index contributed by atoms with van der Waals surface area (Å²) < 4.78 is 5.91. The van der Waals surface area contributed by atoms with Crippen LogP contribution in [0.3, 0.4) is 0 Å². The van der Waals surface area contributed by atoms with E-state index in [1.165, 1.54) is 10.1 Å². The minimum absolute atomic E-state index is 0.745. The van der Waals surface area contributed by atoms with Crippen molar-refractivity contribution in [2.24, 2.45) is 0 Å². The molecule has 0 aliphatic carbocycles. The zero-order valence-electron chi connectivity index (χ0n) is 13.4. The summed E-state index contributed by atoms with van der Waals surface area (Å²) >= 11 is 7.96. The van der Waals surface area contributed by atoms with Crippen LogP contribution in [0.25, 0.3) is 21.1 Å². The van der Waals surface area contributed by atoms with Crippen LogP contribution < -0.4 is 9.80 Å². The van der Waals surface area contributed by atoms with E-state index in [0.29, 0.717) is 0 Å². The molecule has 0 atom stereocenters. The molecule has 0 unspecified atom stereocenters. The van der Waals surface area contributed by atoms with Gasteiger partial charge in [0, 0.05) is 49.2 Å². The quantitative estimate of drug-likeness (QED) is 0.576. The van der Waals surface area contributed by atoms with Crippen LogP contribution in [0.4, 0.5) is 11.6 Å². The van der Waals surface area contributed by atoms with E-state index in [0.717, 1.165) is 53.9 Å². The molecule has 1 aromatic carbocycles. The molecule has 0 saturated carbocycles. The van der Waals surface area contributed by atoms with E-state index < -0.39 is 0 Å². The van der Waals surface area contributed by atoms with Crippen molar-refractivity contribution in [2.75, 3.05) is 36.0 Å². The number of rotatable bonds is 2. The third-order valence-electron chi connectivity index (χ3n) is 4.73. The summed E-state index contributed by atoms with van der Waals surface area (Å²) in [6.07, 6.45) is 1.87. The second-order valence-corrected chi connectivity index (χ2v) is 7.39. The lowest BCUT2D eigenvalue weighted by Gasteiger charge is -2.35. The van der Waals surface area contributed by atoms with Crippen molar-refractivity contribution in [3.8, 4) is 0 Å². The molecular weight excluding hydrogens is 354 g/mol. The molecule has 0 bridgehead atoms. The van der Waals surface area contributed by atoms with Crippen molar-refractivity contribution in [3.05, 3.63) is 47.6 Å². The first-order valence-corrected chi connectivity index (χ1v) is 9.43. The SMILES string of the molecule is Clc1cc(N2CCN(c3nsc4ccccc34)CC2)nc2[nH]ccc12. The number of aromatic amines is 1. The lowest BCUT2D eigenvalue weighted by molar-refractivity contribution is 0.646. The summed E-state index contributed by atoms with van der Waals surface area (Å²) in [6.45, 7) is 3.66. The number of hydrogen-bond acceptors (Lipinski definition) is 5.